The van der Waals surface area contributed by atoms with E-state index in [2.05, 4.69) is 20.5 Å². The number of ether oxygens (including phenoxy) is 2. The number of hydrogen-bond acceptors (Lipinski definition) is 5. The summed E-state index contributed by atoms with van der Waals surface area (Å²) in [5.74, 6) is 1.55. The van der Waals surface area contributed by atoms with Gasteiger partial charge in [-0.2, -0.15) is 0 Å². The smallest absolute Gasteiger partial charge is 0.191 e. The average molecular weight is 520 g/mol. The van der Waals surface area contributed by atoms with Crippen LogP contribution in [0.25, 0.3) is 0 Å². The molecule has 1 atom stereocenters. The van der Waals surface area contributed by atoms with Crippen LogP contribution < -0.4 is 15.4 Å². The molecule has 7 nitrogen and oxygen atoms in total. The van der Waals surface area contributed by atoms with E-state index in [9.17, 15) is 5.11 Å². The molecule has 1 saturated heterocycles. The second-order valence-corrected chi connectivity index (χ2v) is 7.75. The number of halogens is 1. The Morgan fingerprint density at radius 1 is 1.31 bits per heavy atom. The highest BCUT2D eigenvalue weighted by atomic mass is 127. The summed E-state index contributed by atoms with van der Waals surface area (Å²) in [5.41, 5.74) is 0.230. The van der Waals surface area contributed by atoms with Crippen molar-refractivity contribution >= 4 is 29.9 Å². The molecule has 0 aliphatic carbocycles. The van der Waals surface area contributed by atoms with Crippen molar-refractivity contribution in [3.05, 3.63) is 29.8 Å². The first kappa shape index (κ1) is 25.9. The fourth-order valence-electron chi connectivity index (χ4n) is 3.07. The van der Waals surface area contributed by atoms with Crippen molar-refractivity contribution in [2.24, 2.45) is 4.99 Å². The van der Waals surface area contributed by atoms with Crippen LogP contribution in [-0.2, 0) is 11.3 Å². The van der Waals surface area contributed by atoms with E-state index in [-0.39, 0.29) is 30.1 Å². The number of rotatable bonds is 9. The first-order chi connectivity index (χ1) is 13.4. The van der Waals surface area contributed by atoms with Crippen molar-refractivity contribution < 1.29 is 14.6 Å². The number of benzene rings is 1. The molecule has 0 amide bonds. The standard InChI is InChI=1S/C21H36N4O3.HI/c1-5-22-20(23-14-18-7-6-8-19(13-18)28-17(2)3)24-15-21(4,26)16-25-9-11-27-12-10-25;/h6-8,13,17,26H,5,9-12,14-16H2,1-4H3,(H2,22,23,24);1H. The van der Waals surface area contributed by atoms with E-state index in [0.717, 1.165) is 44.2 Å². The maximum Gasteiger partial charge on any atom is 0.191 e. The van der Waals surface area contributed by atoms with Crippen molar-refractivity contribution in [2.45, 2.75) is 45.9 Å². The average Bonchev–Trinajstić information content (AvgIpc) is 2.64. The van der Waals surface area contributed by atoms with Gasteiger partial charge >= 0.3 is 0 Å². The summed E-state index contributed by atoms with van der Waals surface area (Å²) < 4.78 is 11.1. The molecule has 166 valence electrons. The molecular formula is C21H37IN4O3. The van der Waals surface area contributed by atoms with Gasteiger partial charge in [0, 0.05) is 32.7 Å². The fraction of sp³-hybridized carbons (Fsp3) is 0.667. The molecule has 1 heterocycles. The molecule has 29 heavy (non-hydrogen) atoms. The highest BCUT2D eigenvalue weighted by Crippen LogP contribution is 2.15. The first-order valence-electron chi connectivity index (χ1n) is 10.2. The summed E-state index contributed by atoms with van der Waals surface area (Å²) in [6.45, 7) is 13.4. The number of aliphatic hydroxyl groups is 1. The Bertz CT molecular complexity index is 620. The van der Waals surface area contributed by atoms with Crippen LogP contribution >= 0.6 is 24.0 Å². The monoisotopic (exact) mass is 520 g/mol. The lowest BCUT2D eigenvalue weighted by Crippen LogP contribution is -2.52. The van der Waals surface area contributed by atoms with Gasteiger partial charge in [-0.3, -0.25) is 4.90 Å². The molecule has 2 rings (SSSR count). The Kier molecular flexibility index (Phi) is 11.9. The third-order valence-electron chi connectivity index (χ3n) is 4.34. The van der Waals surface area contributed by atoms with Crippen molar-refractivity contribution in [1.29, 1.82) is 0 Å². The van der Waals surface area contributed by atoms with Crippen LogP contribution in [0.15, 0.2) is 29.3 Å². The van der Waals surface area contributed by atoms with Crippen LogP contribution in [0, 0.1) is 0 Å². The Morgan fingerprint density at radius 2 is 2.03 bits per heavy atom. The second kappa shape index (κ2) is 13.3. The minimum Gasteiger partial charge on any atom is -0.491 e. The number of guanidine groups is 1. The summed E-state index contributed by atoms with van der Waals surface area (Å²) in [5, 5.41) is 17.3. The molecular weight excluding hydrogens is 483 g/mol. The van der Waals surface area contributed by atoms with Gasteiger partial charge < -0.3 is 25.2 Å². The third kappa shape index (κ3) is 10.5. The van der Waals surface area contributed by atoms with E-state index in [0.29, 0.717) is 25.6 Å². The van der Waals surface area contributed by atoms with E-state index in [1.165, 1.54) is 0 Å². The van der Waals surface area contributed by atoms with Gasteiger partial charge in [-0.05, 0) is 45.4 Å². The zero-order valence-electron chi connectivity index (χ0n) is 18.1. The van der Waals surface area contributed by atoms with Crippen LogP contribution in [-0.4, -0.2) is 73.6 Å². The molecule has 3 N–H and O–H groups in total. The van der Waals surface area contributed by atoms with Crippen molar-refractivity contribution in [3.63, 3.8) is 0 Å². The van der Waals surface area contributed by atoms with E-state index in [4.69, 9.17) is 9.47 Å². The Hall–Kier alpha value is -1.10. The first-order valence-corrected chi connectivity index (χ1v) is 10.2. The summed E-state index contributed by atoms with van der Waals surface area (Å²) in [7, 11) is 0. The van der Waals surface area contributed by atoms with Gasteiger partial charge in [-0.25, -0.2) is 4.99 Å². The van der Waals surface area contributed by atoms with Gasteiger partial charge in [0.25, 0.3) is 0 Å². The van der Waals surface area contributed by atoms with Gasteiger partial charge in [-0.15, -0.1) is 24.0 Å². The molecule has 1 aliphatic heterocycles. The zero-order chi connectivity index (χ0) is 20.4. The SMILES string of the molecule is CCNC(=NCc1cccc(OC(C)C)c1)NCC(C)(O)CN1CCOCC1.I. The van der Waals surface area contributed by atoms with Gasteiger partial charge in [0.05, 0.1) is 31.5 Å². The molecule has 1 aromatic rings. The number of β-amino-alcohol motifs (C(OH)–C–C–N with tert-alkyl or cyclic N) is 1. The minimum absolute atomic E-state index is 0. The van der Waals surface area contributed by atoms with Crippen molar-refractivity contribution in [2.75, 3.05) is 45.9 Å². The molecule has 0 saturated carbocycles. The topological polar surface area (TPSA) is 78.4 Å². The van der Waals surface area contributed by atoms with E-state index in [1.54, 1.807) is 0 Å². The van der Waals surface area contributed by atoms with Gasteiger partial charge in [0.15, 0.2) is 5.96 Å². The summed E-state index contributed by atoms with van der Waals surface area (Å²) >= 11 is 0. The molecule has 0 radical (unpaired) electrons. The molecule has 1 aliphatic rings. The summed E-state index contributed by atoms with van der Waals surface area (Å²) in [6, 6.07) is 7.99. The van der Waals surface area contributed by atoms with Gasteiger partial charge in [-0.1, -0.05) is 12.1 Å². The lowest BCUT2D eigenvalue weighted by atomic mass is 10.1. The fourth-order valence-corrected chi connectivity index (χ4v) is 3.07. The lowest BCUT2D eigenvalue weighted by Gasteiger charge is -2.34. The zero-order valence-corrected chi connectivity index (χ0v) is 20.4. The maximum atomic E-state index is 10.7. The van der Waals surface area contributed by atoms with Crippen LogP contribution in [0.4, 0.5) is 0 Å². The summed E-state index contributed by atoms with van der Waals surface area (Å²) in [4.78, 5) is 6.88. The Labute approximate surface area is 192 Å². The van der Waals surface area contributed by atoms with Crippen molar-refractivity contribution in [1.82, 2.24) is 15.5 Å². The minimum atomic E-state index is -0.849. The van der Waals surface area contributed by atoms with Gasteiger partial charge in [0.2, 0.25) is 0 Å². The maximum absolute atomic E-state index is 10.7. The predicted molar refractivity (Wildman–Crippen MR) is 128 cm³/mol. The van der Waals surface area contributed by atoms with Crippen LogP contribution in [0.5, 0.6) is 5.75 Å². The number of nitrogens with zero attached hydrogens (tertiary/aromatic N) is 2. The number of morpholine rings is 1. The van der Waals surface area contributed by atoms with E-state index >= 15 is 0 Å². The molecule has 1 aromatic carbocycles. The van der Waals surface area contributed by atoms with Crippen LogP contribution in [0.1, 0.15) is 33.3 Å². The van der Waals surface area contributed by atoms with Crippen LogP contribution in [0.2, 0.25) is 0 Å². The Balaban J connectivity index is 0.00000420. The predicted octanol–water partition coefficient (Wildman–Crippen LogP) is 2.23. The lowest BCUT2D eigenvalue weighted by molar-refractivity contribution is -0.0201. The quantitative estimate of drug-likeness (QED) is 0.264. The van der Waals surface area contributed by atoms with E-state index < -0.39 is 5.60 Å². The Morgan fingerprint density at radius 3 is 2.69 bits per heavy atom. The van der Waals surface area contributed by atoms with E-state index in [1.807, 2.05) is 52.0 Å². The normalized spacial score (nSPS) is 17.4. The van der Waals surface area contributed by atoms with Crippen LogP contribution in [0.3, 0.4) is 0 Å². The number of hydrogen-bond donors (Lipinski definition) is 3. The molecule has 1 unspecified atom stereocenters. The second-order valence-electron chi connectivity index (χ2n) is 7.75. The largest absolute Gasteiger partial charge is 0.491 e. The highest BCUT2D eigenvalue weighted by molar-refractivity contribution is 14.0. The van der Waals surface area contributed by atoms with Gasteiger partial charge in [0.1, 0.15) is 5.75 Å². The number of aliphatic imine (C=N–C) groups is 1. The molecule has 1 fully saturated rings. The molecule has 8 heteroatoms. The molecule has 0 bridgehead atoms. The number of nitrogens with one attached hydrogen (secondary N) is 2. The third-order valence-corrected chi connectivity index (χ3v) is 4.34. The molecule has 0 spiro atoms. The van der Waals surface area contributed by atoms with Crippen molar-refractivity contribution in [3.8, 4) is 5.75 Å². The highest BCUT2D eigenvalue weighted by Gasteiger charge is 2.25. The molecule has 0 aromatic heterocycles. The summed E-state index contributed by atoms with van der Waals surface area (Å²) in [6.07, 6.45) is 0.145.